The van der Waals surface area contributed by atoms with E-state index in [-0.39, 0.29) is 28.1 Å². The highest BCUT2D eigenvalue weighted by molar-refractivity contribution is 5.77. The van der Waals surface area contributed by atoms with E-state index in [0.717, 1.165) is 25.7 Å². The van der Waals surface area contributed by atoms with Gasteiger partial charge in [-0.15, -0.1) is 0 Å². The summed E-state index contributed by atoms with van der Waals surface area (Å²) in [5, 5.41) is 10.5. The number of ether oxygens (including phenoxy) is 1. The van der Waals surface area contributed by atoms with Gasteiger partial charge in [0.1, 0.15) is 11.5 Å². The maximum Gasteiger partial charge on any atom is 0.313 e. The first-order chi connectivity index (χ1) is 16.5. The van der Waals surface area contributed by atoms with Crippen molar-refractivity contribution in [3.63, 3.8) is 0 Å². The first-order valence-electron chi connectivity index (χ1n) is 14.6. The molecular formula is C32H50O4. The highest BCUT2D eigenvalue weighted by atomic mass is 16.5. The van der Waals surface area contributed by atoms with Crippen LogP contribution in [0.2, 0.25) is 0 Å². The molecular weight excluding hydrogens is 448 g/mol. The number of esters is 1. The molecule has 36 heavy (non-hydrogen) atoms. The fourth-order valence-corrected chi connectivity index (χ4v) is 10.9. The molecule has 4 fully saturated rings. The number of fused-ring (bicyclic) bond motifs is 7. The Labute approximate surface area is 219 Å². The Hall–Kier alpha value is -1.32. The normalized spacial score (nSPS) is 51.5. The molecule has 9 atom stereocenters. The summed E-state index contributed by atoms with van der Waals surface area (Å²) in [7, 11) is 0. The van der Waals surface area contributed by atoms with Crippen LogP contribution < -0.4 is 0 Å². The van der Waals surface area contributed by atoms with Crippen molar-refractivity contribution < 1.29 is 19.4 Å². The fraction of sp³-hybridized carbons (Fsp3) is 0.875. The van der Waals surface area contributed by atoms with Gasteiger partial charge in [-0.25, -0.2) is 0 Å². The number of hydrogen-bond donors (Lipinski definition) is 1. The SMILES string of the molecule is CC(=O)O[C@@H]1CC[C@@]2(C)[C@@H](CC[C@]3(C)[C@@H]2CC=C2C4CC(C)(C)CC[C@]4(C)CC[C@]23C)[C@@]1(C)C(=O)O. The molecule has 0 amide bonds. The van der Waals surface area contributed by atoms with Crippen molar-refractivity contribution in [2.75, 3.05) is 0 Å². The third-order valence-corrected chi connectivity index (χ3v) is 13.4. The van der Waals surface area contributed by atoms with Gasteiger partial charge in [0.15, 0.2) is 0 Å². The molecule has 0 aliphatic heterocycles. The van der Waals surface area contributed by atoms with E-state index in [1.807, 2.05) is 6.92 Å². The molecule has 4 nitrogen and oxygen atoms in total. The van der Waals surface area contributed by atoms with Crippen LogP contribution in [0, 0.1) is 50.2 Å². The molecule has 5 aliphatic carbocycles. The minimum absolute atomic E-state index is 0.0136. The first kappa shape index (κ1) is 26.3. The number of hydrogen-bond acceptors (Lipinski definition) is 3. The summed E-state index contributed by atoms with van der Waals surface area (Å²) < 4.78 is 5.69. The van der Waals surface area contributed by atoms with Crippen LogP contribution in [0.5, 0.6) is 0 Å². The zero-order chi connectivity index (χ0) is 26.5. The molecule has 0 aromatic heterocycles. The van der Waals surface area contributed by atoms with Crippen molar-refractivity contribution >= 4 is 11.9 Å². The lowest BCUT2D eigenvalue weighted by molar-refractivity contribution is -0.222. The predicted octanol–water partition coefficient (Wildman–Crippen LogP) is 7.80. The van der Waals surface area contributed by atoms with Crippen LogP contribution in [0.15, 0.2) is 11.6 Å². The number of aliphatic carboxylic acids is 1. The second-order valence-corrected chi connectivity index (χ2v) is 15.6. The van der Waals surface area contributed by atoms with Gasteiger partial charge < -0.3 is 9.84 Å². The van der Waals surface area contributed by atoms with Crippen molar-refractivity contribution in [3.8, 4) is 0 Å². The first-order valence-corrected chi connectivity index (χ1v) is 14.6. The van der Waals surface area contributed by atoms with Crippen LogP contribution in [-0.4, -0.2) is 23.1 Å². The number of allylic oxidation sites excluding steroid dienone is 2. The monoisotopic (exact) mass is 498 g/mol. The number of carbonyl (C=O) groups is 2. The van der Waals surface area contributed by atoms with Crippen molar-refractivity contribution in [1.29, 1.82) is 0 Å². The molecule has 0 spiro atoms. The van der Waals surface area contributed by atoms with E-state index in [1.165, 1.54) is 39.0 Å². The lowest BCUT2D eigenvalue weighted by Crippen LogP contribution is -2.66. The number of carbonyl (C=O) groups excluding carboxylic acids is 1. The smallest absolute Gasteiger partial charge is 0.313 e. The summed E-state index contributed by atoms with van der Waals surface area (Å²) in [6.07, 6.45) is 13.3. The van der Waals surface area contributed by atoms with Crippen molar-refractivity contribution in [2.24, 2.45) is 50.2 Å². The van der Waals surface area contributed by atoms with Crippen LogP contribution in [0.3, 0.4) is 0 Å². The van der Waals surface area contributed by atoms with Gasteiger partial charge in [-0.05, 0) is 116 Å². The number of carboxylic acids is 1. The molecule has 5 aliphatic rings. The van der Waals surface area contributed by atoms with Gasteiger partial charge in [0.2, 0.25) is 0 Å². The lowest BCUT2D eigenvalue weighted by atomic mass is 9.33. The zero-order valence-electron chi connectivity index (χ0n) is 24.1. The molecule has 0 aromatic rings. The van der Waals surface area contributed by atoms with E-state index < -0.39 is 17.5 Å². The topological polar surface area (TPSA) is 63.6 Å². The zero-order valence-corrected chi connectivity index (χ0v) is 24.1. The Kier molecular flexibility index (Phi) is 5.74. The molecule has 0 heterocycles. The van der Waals surface area contributed by atoms with Crippen LogP contribution in [0.1, 0.15) is 120 Å². The van der Waals surface area contributed by atoms with Gasteiger partial charge in [0.05, 0.1) is 0 Å². The molecule has 0 aromatic carbocycles. The predicted molar refractivity (Wildman–Crippen MR) is 142 cm³/mol. The Morgan fingerprint density at radius 1 is 0.889 bits per heavy atom. The summed E-state index contributed by atoms with van der Waals surface area (Å²) in [6.45, 7) is 18.3. The third-order valence-electron chi connectivity index (χ3n) is 13.4. The largest absolute Gasteiger partial charge is 0.481 e. The van der Waals surface area contributed by atoms with E-state index in [4.69, 9.17) is 4.74 Å². The van der Waals surface area contributed by atoms with E-state index in [9.17, 15) is 14.7 Å². The third kappa shape index (κ3) is 3.30. The second kappa shape index (κ2) is 7.85. The van der Waals surface area contributed by atoms with Gasteiger partial charge in [-0.3, -0.25) is 9.59 Å². The van der Waals surface area contributed by atoms with E-state index >= 15 is 0 Å². The molecule has 4 saturated carbocycles. The molecule has 1 unspecified atom stereocenters. The summed E-state index contributed by atoms with van der Waals surface area (Å²) in [5.74, 6) is -0.0260. The minimum atomic E-state index is -1.04. The van der Waals surface area contributed by atoms with E-state index in [2.05, 4.69) is 47.6 Å². The van der Waals surface area contributed by atoms with Crippen LogP contribution in [0.4, 0.5) is 0 Å². The Balaban J connectivity index is 1.56. The summed E-state index contributed by atoms with van der Waals surface area (Å²) >= 11 is 0. The summed E-state index contributed by atoms with van der Waals surface area (Å²) in [6, 6.07) is 0. The van der Waals surface area contributed by atoms with Crippen LogP contribution >= 0.6 is 0 Å². The van der Waals surface area contributed by atoms with Gasteiger partial charge in [0, 0.05) is 6.92 Å². The molecule has 1 N–H and O–H groups in total. The average molecular weight is 499 g/mol. The highest BCUT2D eigenvalue weighted by Gasteiger charge is 2.70. The molecule has 0 saturated heterocycles. The van der Waals surface area contributed by atoms with Gasteiger partial charge in [-0.2, -0.15) is 0 Å². The fourth-order valence-electron chi connectivity index (χ4n) is 10.9. The van der Waals surface area contributed by atoms with Gasteiger partial charge >= 0.3 is 11.9 Å². The van der Waals surface area contributed by atoms with E-state index in [0.29, 0.717) is 29.1 Å². The molecule has 4 heteroatoms. The maximum absolute atomic E-state index is 12.8. The number of carboxylic acid groups (broad SMARTS) is 1. The van der Waals surface area contributed by atoms with Crippen LogP contribution in [0.25, 0.3) is 0 Å². The van der Waals surface area contributed by atoms with Crippen LogP contribution in [-0.2, 0) is 14.3 Å². The Bertz CT molecular complexity index is 996. The average Bonchev–Trinajstić information content (AvgIpc) is 2.77. The summed E-state index contributed by atoms with van der Waals surface area (Å²) in [5.41, 5.74) is 1.81. The molecule has 202 valence electrons. The number of rotatable bonds is 2. The van der Waals surface area contributed by atoms with Crippen molar-refractivity contribution in [2.45, 2.75) is 126 Å². The molecule has 5 rings (SSSR count). The minimum Gasteiger partial charge on any atom is -0.481 e. The quantitative estimate of drug-likeness (QED) is 0.311. The van der Waals surface area contributed by atoms with Crippen molar-refractivity contribution in [3.05, 3.63) is 11.6 Å². The second-order valence-electron chi connectivity index (χ2n) is 15.6. The van der Waals surface area contributed by atoms with Crippen molar-refractivity contribution in [1.82, 2.24) is 0 Å². The van der Waals surface area contributed by atoms with Gasteiger partial charge in [0.25, 0.3) is 0 Å². The molecule has 0 bridgehead atoms. The summed E-state index contributed by atoms with van der Waals surface area (Å²) in [4.78, 5) is 24.8. The molecule has 0 radical (unpaired) electrons. The maximum atomic E-state index is 12.8. The lowest BCUT2D eigenvalue weighted by Gasteiger charge is -2.71. The van der Waals surface area contributed by atoms with E-state index in [1.54, 1.807) is 5.57 Å². The standard InChI is InChI=1S/C32H50O4/c1-20(33)36-25-12-13-29(5)23-10-9-21-22-19-27(2,3)15-16-28(22,4)17-18-30(21,6)31(23,7)14-11-24(29)32(25,8)26(34)35/h9,22-25H,10-19H2,1-8H3,(H,34,35)/t22?,23-,24-,25-,28-,29-,30-,31-,32-/m1/s1. The highest BCUT2D eigenvalue weighted by Crippen LogP contribution is 2.75. The Morgan fingerprint density at radius 3 is 2.19 bits per heavy atom. The van der Waals surface area contributed by atoms with Gasteiger partial charge in [-0.1, -0.05) is 53.2 Å². The Morgan fingerprint density at radius 2 is 1.56 bits per heavy atom.